The fourth-order valence-electron chi connectivity index (χ4n) is 2.45. The number of phenolic OH excluding ortho intramolecular Hbond substituents is 1. The minimum Gasteiger partial charge on any atom is -0.508 e. The molecule has 0 fully saturated rings. The molecule has 1 unspecified atom stereocenters. The van der Waals surface area contributed by atoms with Crippen LogP contribution in [0.4, 0.5) is 0 Å². The zero-order valence-corrected chi connectivity index (χ0v) is 15.3. The van der Waals surface area contributed by atoms with Crippen molar-refractivity contribution < 1.29 is 14.3 Å². The Labute approximate surface area is 148 Å². The van der Waals surface area contributed by atoms with Gasteiger partial charge in [-0.1, -0.05) is 6.07 Å². The Balaban J connectivity index is 1.97. The maximum atomic E-state index is 10.0. The largest absolute Gasteiger partial charge is 0.508 e. The summed E-state index contributed by atoms with van der Waals surface area (Å²) in [5.74, 6) is 3.35. The van der Waals surface area contributed by atoms with Gasteiger partial charge in [-0.05, 0) is 51.0 Å². The summed E-state index contributed by atoms with van der Waals surface area (Å²) >= 11 is 0. The van der Waals surface area contributed by atoms with Gasteiger partial charge in [-0.3, -0.25) is 4.99 Å². The predicted octanol–water partition coefficient (Wildman–Crippen LogP) is 3.16. The topological polar surface area (TPSA) is 79.0 Å². The lowest BCUT2D eigenvalue weighted by atomic mass is 10.1. The van der Waals surface area contributed by atoms with Gasteiger partial charge in [0.2, 0.25) is 0 Å². The number of phenols is 1. The Morgan fingerprint density at radius 2 is 2.12 bits per heavy atom. The summed E-state index contributed by atoms with van der Waals surface area (Å²) in [4.78, 5) is 4.58. The number of nitrogens with one attached hydrogen (secondary N) is 2. The number of ether oxygens (including phenoxy) is 1. The molecule has 1 atom stereocenters. The van der Waals surface area contributed by atoms with Crippen molar-refractivity contribution in [1.82, 2.24) is 10.6 Å². The number of hydrogen-bond donors (Lipinski definition) is 3. The van der Waals surface area contributed by atoms with Gasteiger partial charge >= 0.3 is 0 Å². The predicted molar refractivity (Wildman–Crippen MR) is 99.3 cm³/mol. The fraction of sp³-hybridized carbons (Fsp3) is 0.421. The first kappa shape index (κ1) is 18.7. The van der Waals surface area contributed by atoms with Crippen LogP contribution >= 0.6 is 0 Å². The molecule has 0 saturated heterocycles. The van der Waals surface area contributed by atoms with E-state index in [1.54, 1.807) is 13.2 Å². The second-order valence-electron chi connectivity index (χ2n) is 5.82. The first-order valence-corrected chi connectivity index (χ1v) is 8.50. The molecule has 0 saturated carbocycles. The van der Waals surface area contributed by atoms with Crippen molar-refractivity contribution in [2.75, 3.05) is 20.2 Å². The molecule has 6 nitrogen and oxygen atoms in total. The average Bonchev–Trinajstić information content (AvgIpc) is 3.03. The van der Waals surface area contributed by atoms with Gasteiger partial charge in [0.25, 0.3) is 0 Å². The van der Waals surface area contributed by atoms with Crippen molar-refractivity contribution in [2.45, 2.75) is 33.2 Å². The maximum absolute atomic E-state index is 10.0. The van der Waals surface area contributed by atoms with Gasteiger partial charge in [0, 0.05) is 19.2 Å². The number of furan rings is 1. The van der Waals surface area contributed by atoms with Crippen LogP contribution in [0.5, 0.6) is 11.5 Å². The molecule has 0 aliphatic rings. The molecule has 0 aliphatic carbocycles. The summed E-state index contributed by atoms with van der Waals surface area (Å²) in [6, 6.07) is 9.24. The zero-order valence-electron chi connectivity index (χ0n) is 15.3. The molecular weight excluding hydrogens is 318 g/mol. The first-order chi connectivity index (χ1) is 12.0. The van der Waals surface area contributed by atoms with Gasteiger partial charge in [0.1, 0.15) is 23.0 Å². The number of hydrogen-bond acceptors (Lipinski definition) is 4. The monoisotopic (exact) mass is 345 g/mol. The molecule has 2 aromatic rings. The molecule has 0 bridgehead atoms. The van der Waals surface area contributed by atoms with E-state index < -0.39 is 0 Å². The lowest BCUT2D eigenvalue weighted by Crippen LogP contribution is -2.38. The summed E-state index contributed by atoms with van der Waals surface area (Å²) in [7, 11) is 1.58. The van der Waals surface area contributed by atoms with Gasteiger partial charge in [-0.2, -0.15) is 0 Å². The zero-order chi connectivity index (χ0) is 18.2. The van der Waals surface area contributed by atoms with Crippen molar-refractivity contribution in [3.63, 3.8) is 0 Å². The molecule has 1 aromatic carbocycles. The lowest BCUT2D eigenvalue weighted by Gasteiger charge is -2.16. The number of nitrogens with zero attached hydrogens (tertiary/aromatic N) is 1. The van der Waals surface area contributed by atoms with E-state index in [4.69, 9.17) is 9.15 Å². The van der Waals surface area contributed by atoms with E-state index in [0.29, 0.717) is 18.7 Å². The van der Waals surface area contributed by atoms with E-state index >= 15 is 0 Å². The quantitative estimate of drug-likeness (QED) is 0.531. The van der Waals surface area contributed by atoms with Crippen LogP contribution in [0.3, 0.4) is 0 Å². The Morgan fingerprint density at radius 1 is 1.32 bits per heavy atom. The number of aliphatic imine (C=N–C) groups is 1. The van der Waals surface area contributed by atoms with Crippen LogP contribution in [0.1, 0.15) is 37.0 Å². The molecule has 1 heterocycles. The molecule has 6 heteroatoms. The smallest absolute Gasteiger partial charge is 0.191 e. The molecule has 2 rings (SSSR count). The third-order valence-corrected chi connectivity index (χ3v) is 3.83. The molecule has 0 aliphatic heterocycles. The first-order valence-electron chi connectivity index (χ1n) is 8.50. The summed E-state index contributed by atoms with van der Waals surface area (Å²) in [6.07, 6.45) is 0.640. The third-order valence-electron chi connectivity index (χ3n) is 3.83. The highest BCUT2D eigenvalue weighted by Gasteiger charge is 2.11. The van der Waals surface area contributed by atoms with E-state index in [1.807, 2.05) is 45.0 Å². The highest BCUT2D eigenvalue weighted by Crippen LogP contribution is 2.23. The SMILES string of the molecule is CCNC(=NCCc1ccc(OC)cc1O)NC(C)c1ccc(C)o1. The van der Waals surface area contributed by atoms with Gasteiger partial charge in [-0.25, -0.2) is 0 Å². The fourth-order valence-corrected chi connectivity index (χ4v) is 2.45. The number of benzene rings is 1. The molecule has 136 valence electrons. The standard InChI is InChI=1S/C19H27N3O3/c1-5-20-19(22-14(3)18-9-6-13(2)25-18)21-11-10-15-7-8-16(24-4)12-17(15)23/h6-9,12,14,23H,5,10-11H2,1-4H3,(H2,20,21,22). The molecule has 0 amide bonds. The molecule has 25 heavy (non-hydrogen) atoms. The normalized spacial score (nSPS) is 12.7. The highest BCUT2D eigenvalue weighted by molar-refractivity contribution is 5.80. The Bertz CT molecular complexity index is 710. The van der Waals surface area contributed by atoms with Crippen molar-refractivity contribution >= 4 is 5.96 Å². The number of guanidine groups is 1. The van der Waals surface area contributed by atoms with Crippen molar-refractivity contribution in [3.05, 3.63) is 47.4 Å². The van der Waals surface area contributed by atoms with Crippen LogP contribution in [0, 0.1) is 6.92 Å². The third kappa shape index (κ3) is 5.45. The molecule has 0 spiro atoms. The van der Waals surface area contributed by atoms with Crippen LogP contribution in [0.25, 0.3) is 0 Å². The van der Waals surface area contributed by atoms with E-state index in [9.17, 15) is 5.11 Å². The number of aryl methyl sites for hydroxylation is 1. The minimum absolute atomic E-state index is 0.0147. The maximum Gasteiger partial charge on any atom is 0.191 e. The molecule has 0 radical (unpaired) electrons. The lowest BCUT2D eigenvalue weighted by molar-refractivity contribution is 0.406. The minimum atomic E-state index is 0.0147. The number of methoxy groups -OCH3 is 1. The van der Waals surface area contributed by atoms with Crippen LogP contribution in [0.15, 0.2) is 39.7 Å². The Kier molecular flexibility index (Phi) is 6.74. The van der Waals surface area contributed by atoms with Gasteiger partial charge in [0.15, 0.2) is 5.96 Å². The summed E-state index contributed by atoms with van der Waals surface area (Å²) in [5, 5.41) is 16.6. The van der Waals surface area contributed by atoms with E-state index in [0.717, 1.165) is 29.6 Å². The molecule has 3 N–H and O–H groups in total. The number of rotatable bonds is 7. The average molecular weight is 345 g/mol. The second-order valence-corrected chi connectivity index (χ2v) is 5.82. The van der Waals surface area contributed by atoms with E-state index in [-0.39, 0.29) is 11.8 Å². The number of aromatic hydroxyl groups is 1. The Hall–Kier alpha value is -2.63. The van der Waals surface area contributed by atoms with Gasteiger partial charge < -0.3 is 24.9 Å². The van der Waals surface area contributed by atoms with Crippen molar-refractivity contribution in [2.24, 2.45) is 4.99 Å². The van der Waals surface area contributed by atoms with E-state index in [1.165, 1.54) is 0 Å². The molecular formula is C19H27N3O3. The van der Waals surface area contributed by atoms with Crippen LogP contribution in [-0.4, -0.2) is 31.3 Å². The van der Waals surface area contributed by atoms with Crippen LogP contribution in [-0.2, 0) is 6.42 Å². The van der Waals surface area contributed by atoms with Crippen LogP contribution in [0.2, 0.25) is 0 Å². The summed E-state index contributed by atoms with van der Waals surface area (Å²) in [6.45, 7) is 7.30. The van der Waals surface area contributed by atoms with Crippen LogP contribution < -0.4 is 15.4 Å². The van der Waals surface area contributed by atoms with Gasteiger partial charge in [0.05, 0.1) is 13.2 Å². The Morgan fingerprint density at radius 3 is 2.72 bits per heavy atom. The highest BCUT2D eigenvalue weighted by atomic mass is 16.5. The van der Waals surface area contributed by atoms with Gasteiger partial charge in [-0.15, -0.1) is 0 Å². The van der Waals surface area contributed by atoms with E-state index in [2.05, 4.69) is 15.6 Å². The summed E-state index contributed by atoms with van der Waals surface area (Å²) in [5.41, 5.74) is 0.843. The van der Waals surface area contributed by atoms with Crippen molar-refractivity contribution in [3.8, 4) is 11.5 Å². The summed E-state index contributed by atoms with van der Waals surface area (Å²) < 4.78 is 10.7. The molecule has 1 aromatic heterocycles. The van der Waals surface area contributed by atoms with Crippen molar-refractivity contribution in [1.29, 1.82) is 0 Å². The second kappa shape index (κ2) is 9.01.